The number of hydrogen-bond acceptors (Lipinski definition) is 4. The van der Waals surface area contributed by atoms with Crippen molar-refractivity contribution in [1.82, 2.24) is 19.6 Å². The second kappa shape index (κ2) is 13.3. The third-order valence-electron chi connectivity index (χ3n) is 11.0. The standard InChI is InChI=1S/C13H25N.C13H27N.C12H26N2/c1-12(2,3)11-9-7-14(8-10(9)11)13(4,5)6;1-12(2,3)11-7-9-14(10-8-11)13(4,5)6;1-11(2,3)13-7-9-14(10-8-13)12(4,5)6/h9-11H,7-8H2,1-6H3;11H,7-10H2,1-6H3;7-10H2,1-6H3. The van der Waals surface area contributed by atoms with Crippen molar-refractivity contribution < 1.29 is 0 Å². The summed E-state index contributed by atoms with van der Waals surface area (Å²) in [6.07, 6.45) is 2.75. The molecule has 0 spiro atoms. The van der Waals surface area contributed by atoms with Gasteiger partial charge in [0.15, 0.2) is 0 Å². The van der Waals surface area contributed by atoms with Gasteiger partial charge in [0.1, 0.15) is 0 Å². The SMILES string of the molecule is CC(C)(C)C1C2CN(C(C)(C)C)CC21.CC(C)(C)C1CCN(C(C)(C)C)CC1.CC(C)(C)N1CCN(C(C)(C)C)CC1. The molecule has 4 fully saturated rings. The van der Waals surface area contributed by atoms with Gasteiger partial charge in [0.05, 0.1) is 0 Å². The average molecular weight is 591 g/mol. The summed E-state index contributed by atoms with van der Waals surface area (Å²) < 4.78 is 0. The van der Waals surface area contributed by atoms with Crippen molar-refractivity contribution >= 4 is 0 Å². The van der Waals surface area contributed by atoms with Crippen LogP contribution in [0, 0.1) is 34.5 Å². The topological polar surface area (TPSA) is 13.0 Å². The highest BCUT2D eigenvalue weighted by Crippen LogP contribution is 2.60. The van der Waals surface area contributed by atoms with Gasteiger partial charge in [-0.15, -0.1) is 0 Å². The Morgan fingerprint density at radius 3 is 0.881 bits per heavy atom. The van der Waals surface area contributed by atoms with E-state index in [9.17, 15) is 0 Å². The molecule has 0 radical (unpaired) electrons. The summed E-state index contributed by atoms with van der Waals surface area (Å²) in [5.41, 5.74) is 2.47. The van der Waals surface area contributed by atoms with Crippen LogP contribution in [0.15, 0.2) is 0 Å². The van der Waals surface area contributed by atoms with E-state index >= 15 is 0 Å². The van der Waals surface area contributed by atoms with Crippen LogP contribution in [0.2, 0.25) is 0 Å². The van der Waals surface area contributed by atoms with Crippen LogP contribution in [0.4, 0.5) is 0 Å². The summed E-state index contributed by atoms with van der Waals surface area (Å²) in [7, 11) is 0. The van der Waals surface area contributed by atoms with Gasteiger partial charge in [-0.25, -0.2) is 0 Å². The summed E-state index contributed by atoms with van der Waals surface area (Å²) in [6.45, 7) is 52.2. The number of fused-ring (bicyclic) bond motifs is 1. The Bertz CT molecular complexity index is 659. The zero-order valence-electron chi connectivity index (χ0n) is 32.2. The van der Waals surface area contributed by atoms with Crippen LogP contribution < -0.4 is 0 Å². The summed E-state index contributed by atoms with van der Waals surface area (Å²) in [6, 6.07) is 0. The molecule has 0 amide bonds. The largest absolute Gasteiger partial charge is 0.298 e. The van der Waals surface area contributed by atoms with Gasteiger partial charge in [0.2, 0.25) is 0 Å². The van der Waals surface area contributed by atoms with Crippen molar-refractivity contribution in [1.29, 1.82) is 0 Å². The lowest BCUT2D eigenvalue weighted by atomic mass is 9.75. The summed E-state index contributed by atoms with van der Waals surface area (Å²) in [4.78, 5) is 10.4. The molecule has 4 heteroatoms. The Labute approximate surface area is 265 Å². The summed E-state index contributed by atoms with van der Waals surface area (Å²) in [5, 5.41) is 0. The molecule has 3 heterocycles. The van der Waals surface area contributed by atoms with Gasteiger partial charge in [-0.2, -0.15) is 0 Å². The third kappa shape index (κ3) is 11.0. The molecular formula is C38H78N4. The molecule has 250 valence electrons. The molecule has 0 N–H and O–H groups in total. The Morgan fingerprint density at radius 2 is 0.643 bits per heavy atom. The zero-order chi connectivity index (χ0) is 32.7. The number of piperazine rings is 1. The van der Waals surface area contributed by atoms with E-state index in [-0.39, 0.29) is 0 Å². The maximum Gasteiger partial charge on any atom is 0.0126 e. The van der Waals surface area contributed by atoms with Crippen molar-refractivity contribution in [2.45, 2.75) is 160 Å². The number of nitrogens with zero attached hydrogens (tertiary/aromatic N) is 4. The van der Waals surface area contributed by atoms with Crippen molar-refractivity contribution in [3.05, 3.63) is 0 Å². The fraction of sp³-hybridized carbons (Fsp3) is 1.00. The Kier molecular flexibility index (Phi) is 12.0. The number of rotatable bonds is 0. The van der Waals surface area contributed by atoms with Crippen LogP contribution in [0.3, 0.4) is 0 Å². The maximum absolute atomic E-state index is 2.66. The minimum atomic E-state index is 0.337. The van der Waals surface area contributed by atoms with E-state index in [1.807, 2.05) is 0 Å². The van der Waals surface area contributed by atoms with E-state index < -0.39 is 0 Å². The molecule has 4 nitrogen and oxygen atoms in total. The van der Waals surface area contributed by atoms with E-state index in [4.69, 9.17) is 0 Å². The average Bonchev–Trinajstić information content (AvgIpc) is 3.33. The molecule has 1 aliphatic carbocycles. The highest BCUT2D eigenvalue weighted by Gasteiger charge is 2.60. The smallest absolute Gasteiger partial charge is 0.0126 e. The van der Waals surface area contributed by atoms with Crippen LogP contribution in [-0.2, 0) is 0 Å². The van der Waals surface area contributed by atoms with Crippen LogP contribution in [0.5, 0.6) is 0 Å². The second-order valence-electron chi connectivity index (χ2n) is 20.4. The molecule has 3 aliphatic heterocycles. The monoisotopic (exact) mass is 591 g/mol. The van der Waals surface area contributed by atoms with Gasteiger partial charge in [-0.1, -0.05) is 41.5 Å². The van der Waals surface area contributed by atoms with E-state index in [1.165, 1.54) is 65.2 Å². The lowest BCUT2D eigenvalue weighted by Crippen LogP contribution is -2.57. The van der Waals surface area contributed by atoms with Crippen molar-refractivity contribution in [2.75, 3.05) is 52.4 Å². The van der Waals surface area contributed by atoms with Gasteiger partial charge in [0, 0.05) is 61.4 Å². The highest BCUT2D eigenvalue weighted by atomic mass is 15.3. The molecule has 0 bridgehead atoms. The van der Waals surface area contributed by atoms with Crippen LogP contribution >= 0.6 is 0 Å². The maximum atomic E-state index is 2.66. The van der Waals surface area contributed by atoms with Gasteiger partial charge in [0.25, 0.3) is 0 Å². The fourth-order valence-corrected chi connectivity index (χ4v) is 7.82. The normalized spacial score (nSPS) is 28.0. The lowest BCUT2D eigenvalue weighted by Gasteiger charge is -2.46. The predicted octanol–water partition coefficient (Wildman–Crippen LogP) is 8.75. The second-order valence-corrected chi connectivity index (χ2v) is 20.4. The Hall–Kier alpha value is -0.160. The fourth-order valence-electron chi connectivity index (χ4n) is 7.82. The number of piperidine rings is 2. The molecule has 2 unspecified atom stereocenters. The molecule has 0 aromatic heterocycles. The first-order valence-electron chi connectivity index (χ1n) is 17.6. The zero-order valence-corrected chi connectivity index (χ0v) is 32.2. The third-order valence-corrected chi connectivity index (χ3v) is 11.0. The van der Waals surface area contributed by atoms with Crippen LogP contribution in [0.1, 0.15) is 137 Å². The van der Waals surface area contributed by atoms with Gasteiger partial charge < -0.3 is 0 Å². The van der Waals surface area contributed by atoms with E-state index in [0.29, 0.717) is 33.0 Å². The predicted molar refractivity (Wildman–Crippen MR) is 187 cm³/mol. The summed E-state index contributed by atoms with van der Waals surface area (Å²) in [5.74, 6) is 3.94. The van der Waals surface area contributed by atoms with Crippen molar-refractivity contribution in [2.24, 2.45) is 34.5 Å². The number of likely N-dealkylation sites (tertiary alicyclic amines) is 2. The molecule has 3 saturated heterocycles. The van der Waals surface area contributed by atoms with E-state index in [1.54, 1.807) is 0 Å². The quantitative estimate of drug-likeness (QED) is 0.280. The first-order valence-corrected chi connectivity index (χ1v) is 17.6. The van der Waals surface area contributed by atoms with Gasteiger partial charge in [-0.05, 0) is 144 Å². The van der Waals surface area contributed by atoms with Crippen LogP contribution in [0.25, 0.3) is 0 Å². The molecule has 2 atom stereocenters. The van der Waals surface area contributed by atoms with E-state index in [2.05, 4.69) is 144 Å². The first-order chi connectivity index (χ1) is 18.6. The molecule has 0 aromatic carbocycles. The molecule has 0 aromatic rings. The molecule has 42 heavy (non-hydrogen) atoms. The minimum absolute atomic E-state index is 0.337. The Balaban J connectivity index is 0.000000220. The lowest BCUT2D eigenvalue weighted by molar-refractivity contribution is 0.0211. The van der Waals surface area contributed by atoms with E-state index in [0.717, 1.165) is 23.7 Å². The van der Waals surface area contributed by atoms with Gasteiger partial charge >= 0.3 is 0 Å². The van der Waals surface area contributed by atoms with Crippen molar-refractivity contribution in [3.8, 4) is 0 Å². The van der Waals surface area contributed by atoms with Crippen LogP contribution in [-0.4, -0.2) is 94.1 Å². The molecule has 4 rings (SSSR count). The molecule has 1 saturated carbocycles. The van der Waals surface area contributed by atoms with Crippen molar-refractivity contribution in [3.63, 3.8) is 0 Å². The molecular weight excluding hydrogens is 512 g/mol. The Morgan fingerprint density at radius 1 is 0.357 bits per heavy atom. The highest BCUT2D eigenvalue weighted by molar-refractivity contribution is 5.10. The summed E-state index contributed by atoms with van der Waals surface area (Å²) >= 11 is 0. The van der Waals surface area contributed by atoms with Gasteiger partial charge in [-0.3, -0.25) is 19.6 Å². The molecule has 4 aliphatic rings. The minimum Gasteiger partial charge on any atom is -0.298 e. The first kappa shape index (κ1) is 38.0. The number of hydrogen-bond donors (Lipinski definition) is 0.